The zero-order valence-corrected chi connectivity index (χ0v) is 26.7. The molecule has 0 aliphatic heterocycles. The van der Waals surface area contributed by atoms with E-state index < -0.39 is 0 Å². The molecule has 3 aromatic carbocycles. The Balaban J connectivity index is 1.15. The van der Waals surface area contributed by atoms with Gasteiger partial charge in [0.2, 0.25) is 0 Å². The lowest BCUT2D eigenvalue weighted by Gasteiger charge is -2.13. The lowest BCUT2D eigenvalue weighted by Crippen LogP contribution is -2.00. The third kappa shape index (κ3) is 4.48. The van der Waals surface area contributed by atoms with E-state index in [-0.39, 0.29) is 0 Å². The van der Waals surface area contributed by atoms with Crippen LogP contribution in [0.15, 0.2) is 164 Å². The van der Waals surface area contributed by atoms with Gasteiger partial charge < -0.3 is 0 Å². The molecular weight excluding hydrogens is 615 g/mol. The van der Waals surface area contributed by atoms with Crippen LogP contribution >= 0.6 is 0 Å². The molecule has 0 spiro atoms. The summed E-state index contributed by atoms with van der Waals surface area (Å²) in [6.07, 6.45) is 7.28. The topological polar surface area (TPSA) is 74.3 Å². The minimum absolute atomic E-state index is 0.768. The molecule has 10 aromatic rings. The fourth-order valence-corrected chi connectivity index (χ4v) is 7.10. The van der Waals surface area contributed by atoms with Gasteiger partial charge in [0.25, 0.3) is 0 Å². The molecule has 0 atom stereocenters. The van der Waals surface area contributed by atoms with Crippen molar-refractivity contribution in [3.8, 4) is 45.3 Å². The van der Waals surface area contributed by atoms with Crippen molar-refractivity contribution in [2.24, 2.45) is 0 Å². The Kier molecular flexibility index (Phi) is 6.35. The largest absolute Gasteiger partial charge is 0.294 e. The number of nitrogens with zero attached hydrogens (tertiary/aromatic N) is 7. The Morgan fingerprint density at radius 2 is 1.02 bits per heavy atom. The second kappa shape index (κ2) is 11.3. The van der Waals surface area contributed by atoms with Gasteiger partial charge in [-0.2, -0.15) is 0 Å². The van der Waals surface area contributed by atoms with E-state index in [2.05, 4.69) is 111 Å². The van der Waals surface area contributed by atoms with Crippen LogP contribution in [-0.2, 0) is 0 Å². The van der Waals surface area contributed by atoms with Crippen LogP contribution in [0.5, 0.6) is 0 Å². The second-order valence-electron chi connectivity index (χ2n) is 12.2. The molecular formula is C43H27N7. The van der Waals surface area contributed by atoms with Crippen molar-refractivity contribution in [2.45, 2.75) is 0 Å². The van der Waals surface area contributed by atoms with E-state index in [1.54, 1.807) is 12.4 Å². The number of rotatable bonds is 5. The van der Waals surface area contributed by atoms with Crippen molar-refractivity contribution >= 4 is 43.9 Å². The highest BCUT2D eigenvalue weighted by molar-refractivity contribution is 6.08. The molecule has 0 saturated heterocycles. The van der Waals surface area contributed by atoms with Gasteiger partial charge in [0.1, 0.15) is 17.1 Å². The molecule has 7 heterocycles. The molecule has 7 nitrogen and oxygen atoms in total. The van der Waals surface area contributed by atoms with Gasteiger partial charge >= 0.3 is 0 Å². The van der Waals surface area contributed by atoms with E-state index in [1.165, 1.54) is 5.39 Å². The molecule has 0 aliphatic rings. The Hall–Kier alpha value is -6.99. The monoisotopic (exact) mass is 641 g/mol. The predicted molar refractivity (Wildman–Crippen MR) is 200 cm³/mol. The summed E-state index contributed by atoms with van der Waals surface area (Å²) in [6.45, 7) is 0. The van der Waals surface area contributed by atoms with Gasteiger partial charge in [-0.05, 0) is 96.1 Å². The molecule has 0 saturated carbocycles. The Labute approximate surface area is 286 Å². The van der Waals surface area contributed by atoms with Crippen LogP contribution in [0, 0.1) is 0 Å². The molecule has 0 aliphatic carbocycles. The summed E-state index contributed by atoms with van der Waals surface area (Å²) in [5.74, 6) is 0.783. The summed E-state index contributed by atoms with van der Waals surface area (Å²) in [4.78, 5) is 24.2. The molecule has 0 radical (unpaired) electrons. The van der Waals surface area contributed by atoms with Crippen molar-refractivity contribution < 1.29 is 0 Å². The van der Waals surface area contributed by atoms with Gasteiger partial charge in [-0.3, -0.25) is 14.1 Å². The first kappa shape index (κ1) is 28.1. The fraction of sp³-hybridized carbons (Fsp3) is 0. The maximum Gasteiger partial charge on any atom is 0.146 e. The van der Waals surface area contributed by atoms with Gasteiger partial charge in [-0.15, -0.1) is 0 Å². The number of aromatic nitrogens is 7. The van der Waals surface area contributed by atoms with E-state index in [9.17, 15) is 0 Å². The zero-order valence-electron chi connectivity index (χ0n) is 26.7. The summed E-state index contributed by atoms with van der Waals surface area (Å²) in [5, 5.41) is 4.54. The minimum atomic E-state index is 0.768. The van der Waals surface area contributed by atoms with Crippen molar-refractivity contribution in [1.29, 1.82) is 0 Å². The van der Waals surface area contributed by atoms with Gasteiger partial charge in [0.15, 0.2) is 0 Å². The average molecular weight is 642 g/mol. The van der Waals surface area contributed by atoms with Gasteiger partial charge in [0, 0.05) is 57.6 Å². The molecule has 0 unspecified atom stereocenters. The van der Waals surface area contributed by atoms with Gasteiger partial charge in [-0.1, -0.05) is 54.6 Å². The highest BCUT2D eigenvalue weighted by Crippen LogP contribution is 2.35. The molecule has 234 valence electrons. The van der Waals surface area contributed by atoms with Crippen molar-refractivity contribution in [2.75, 3.05) is 0 Å². The SMILES string of the molecule is c1cc(-c2cc(-c3ccncc3)nc(-c3cccc(-n4c5ccccc5c5cccnc54)n3)c2)cc(-n2c3ccccc3c3cccnc32)c1. The van der Waals surface area contributed by atoms with Crippen LogP contribution in [0.1, 0.15) is 0 Å². The molecule has 7 aromatic heterocycles. The average Bonchev–Trinajstić information content (AvgIpc) is 3.71. The van der Waals surface area contributed by atoms with Crippen molar-refractivity contribution in [3.05, 3.63) is 164 Å². The first-order valence-corrected chi connectivity index (χ1v) is 16.5. The molecule has 7 heteroatoms. The van der Waals surface area contributed by atoms with E-state index in [0.717, 1.165) is 83.8 Å². The normalized spacial score (nSPS) is 11.6. The summed E-state index contributed by atoms with van der Waals surface area (Å²) in [6, 6.07) is 48.0. The number of benzene rings is 3. The highest BCUT2D eigenvalue weighted by Gasteiger charge is 2.17. The molecule has 50 heavy (non-hydrogen) atoms. The minimum Gasteiger partial charge on any atom is -0.294 e. The maximum atomic E-state index is 5.22. The van der Waals surface area contributed by atoms with Gasteiger partial charge in [0.05, 0.1) is 28.1 Å². The van der Waals surface area contributed by atoms with Crippen LogP contribution in [-0.4, -0.2) is 34.1 Å². The third-order valence-electron chi connectivity index (χ3n) is 9.33. The quantitative estimate of drug-likeness (QED) is 0.187. The van der Waals surface area contributed by atoms with Crippen molar-refractivity contribution in [3.63, 3.8) is 0 Å². The number of para-hydroxylation sites is 2. The summed E-state index contributed by atoms with van der Waals surface area (Å²) >= 11 is 0. The zero-order chi connectivity index (χ0) is 33.0. The van der Waals surface area contributed by atoms with Crippen LogP contribution in [0.2, 0.25) is 0 Å². The number of fused-ring (bicyclic) bond motifs is 6. The standard InChI is InChI=1S/C43H27N7/c1-3-16-39-32(11-1)34-13-7-21-45-42(34)49(39)31-10-5-9-29(25-31)30-26-37(28-19-23-44-24-20-28)47-38(27-30)36-15-6-18-41(48-36)50-40-17-4-2-12-33(40)35-14-8-22-46-43(35)50/h1-27H. The van der Waals surface area contributed by atoms with Crippen LogP contribution in [0.25, 0.3) is 89.2 Å². The van der Waals surface area contributed by atoms with Crippen LogP contribution in [0.4, 0.5) is 0 Å². The third-order valence-corrected chi connectivity index (χ3v) is 9.33. The fourth-order valence-electron chi connectivity index (χ4n) is 7.10. The van der Waals surface area contributed by atoms with Crippen molar-refractivity contribution in [1.82, 2.24) is 34.1 Å². The molecule has 0 N–H and O–H groups in total. The number of hydrogen-bond donors (Lipinski definition) is 0. The Morgan fingerprint density at radius 1 is 0.380 bits per heavy atom. The molecule has 0 fully saturated rings. The summed E-state index contributed by atoms with van der Waals surface area (Å²) < 4.78 is 4.37. The lowest BCUT2D eigenvalue weighted by molar-refractivity contribution is 1.06. The van der Waals surface area contributed by atoms with Crippen LogP contribution < -0.4 is 0 Å². The molecule has 0 amide bonds. The predicted octanol–water partition coefficient (Wildman–Crippen LogP) is 9.86. The van der Waals surface area contributed by atoms with Crippen LogP contribution in [0.3, 0.4) is 0 Å². The van der Waals surface area contributed by atoms with E-state index >= 15 is 0 Å². The summed E-state index contributed by atoms with van der Waals surface area (Å²) in [5.41, 5.74) is 10.5. The molecule has 10 rings (SSSR count). The van der Waals surface area contributed by atoms with E-state index in [1.807, 2.05) is 54.9 Å². The summed E-state index contributed by atoms with van der Waals surface area (Å²) in [7, 11) is 0. The first-order valence-electron chi connectivity index (χ1n) is 16.5. The number of hydrogen-bond acceptors (Lipinski definition) is 5. The van der Waals surface area contributed by atoms with Gasteiger partial charge in [-0.25, -0.2) is 19.9 Å². The highest BCUT2D eigenvalue weighted by atomic mass is 15.1. The first-order chi connectivity index (χ1) is 24.8. The van der Waals surface area contributed by atoms with E-state index in [0.29, 0.717) is 0 Å². The molecule has 0 bridgehead atoms. The maximum absolute atomic E-state index is 5.22. The smallest absolute Gasteiger partial charge is 0.146 e. The number of pyridine rings is 5. The second-order valence-corrected chi connectivity index (χ2v) is 12.2. The van der Waals surface area contributed by atoms with E-state index in [4.69, 9.17) is 19.9 Å². The Morgan fingerprint density at radius 3 is 1.78 bits per heavy atom. The lowest BCUT2D eigenvalue weighted by atomic mass is 10.0. The Bertz CT molecular complexity index is 2610.